The SMILES string of the molecule is Cc1cc(Oc2cccc(C)c2C)c(N)cc1F. The number of nitrogens with two attached hydrogens (primary N) is 1. The van der Waals surface area contributed by atoms with Gasteiger partial charge in [-0.05, 0) is 49.6 Å². The maximum atomic E-state index is 13.3. The smallest absolute Gasteiger partial charge is 0.150 e. The number of ether oxygens (including phenoxy) is 1. The van der Waals surface area contributed by atoms with Crippen LogP contribution in [0.4, 0.5) is 10.1 Å². The van der Waals surface area contributed by atoms with Gasteiger partial charge in [0.1, 0.15) is 11.6 Å². The molecule has 0 saturated carbocycles. The van der Waals surface area contributed by atoms with E-state index in [4.69, 9.17) is 10.5 Å². The second-order valence-electron chi connectivity index (χ2n) is 4.44. The molecule has 0 saturated heterocycles. The zero-order valence-corrected chi connectivity index (χ0v) is 10.8. The fourth-order valence-corrected chi connectivity index (χ4v) is 1.71. The summed E-state index contributed by atoms with van der Waals surface area (Å²) in [5.41, 5.74) is 8.78. The van der Waals surface area contributed by atoms with Crippen molar-refractivity contribution in [2.24, 2.45) is 0 Å². The Kier molecular flexibility index (Phi) is 3.24. The van der Waals surface area contributed by atoms with E-state index in [0.717, 1.165) is 16.9 Å². The molecule has 0 amide bonds. The normalized spacial score (nSPS) is 10.4. The molecule has 2 rings (SSSR count). The lowest BCUT2D eigenvalue weighted by Crippen LogP contribution is -1.96. The van der Waals surface area contributed by atoms with Gasteiger partial charge in [-0.15, -0.1) is 0 Å². The maximum absolute atomic E-state index is 13.3. The summed E-state index contributed by atoms with van der Waals surface area (Å²) < 4.78 is 19.1. The average molecular weight is 245 g/mol. The molecule has 0 unspecified atom stereocenters. The van der Waals surface area contributed by atoms with Crippen LogP contribution in [0.3, 0.4) is 0 Å². The van der Waals surface area contributed by atoms with Crippen LogP contribution >= 0.6 is 0 Å². The first-order chi connectivity index (χ1) is 8.49. The van der Waals surface area contributed by atoms with Crippen LogP contribution in [-0.2, 0) is 0 Å². The zero-order valence-electron chi connectivity index (χ0n) is 10.8. The Labute approximate surface area is 106 Å². The van der Waals surface area contributed by atoms with Gasteiger partial charge in [0.2, 0.25) is 0 Å². The molecule has 0 aliphatic heterocycles. The summed E-state index contributed by atoms with van der Waals surface area (Å²) in [6.07, 6.45) is 0. The molecule has 0 heterocycles. The minimum atomic E-state index is -0.319. The number of benzene rings is 2. The molecule has 2 N–H and O–H groups in total. The highest BCUT2D eigenvalue weighted by Crippen LogP contribution is 2.32. The molecule has 3 heteroatoms. The van der Waals surface area contributed by atoms with Crippen LogP contribution < -0.4 is 10.5 Å². The van der Waals surface area contributed by atoms with Crippen LogP contribution in [0.1, 0.15) is 16.7 Å². The Balaban J connectivity index is 2.40. The molecule has 0 fully saturated rings. The molecule has 0 radical (unpaired) electrons. The van der Waals surface area contributed by atoms with Gasteiger partial charge in [-0.1, -0.05) is 12.1 Å². The zero-order chi connectivity index (χ0) is 13.3. The van der Waals surface area contributed by atoms with Gasteiger partial charge >= 0.3 is 0 Å². The lowest BCUT2D eigenvalue weighted by Gasteiger charge is -2.13. The van der Waals surface area contributed by atoms with Crippen molar-refractivity contribution in [2.45, 2.75) is 20.8 Å². The third-order valence-electron chi connectivity index (χ3n) is 3.07. The Bertz CT molecular complexity index is 593. The molecule has 0 aliphatic rings. The van der Waals surface area contributed by atoms with Crippen molar-refractivity contribution in [3.8, 4) is 11.5 Å². The number of rotatable bonds is 2. The van der Waals surface area contributed by atoms with Gasteiger partial charge in [0.25, 0.3) is 0 Å². The molecule has 0 aliphatic carbocycles. The van der Waals surface area contributed by atoms with Gasteiger partial charge in [-0.2, -0.15) is 0 Å². The van der Waals surface area contributed by atoms with Crippen molar-refractivity contribution in [2.75, 3.05) is 5.73 Å². The summed E-state index contributed by atoms with van der Waals surface area (Å²) in [5, 5.41) is 0. The molecule has 0 aromatic heterocycles. The highest BCUT2D eigenvalue weighted by molar-refractivity contribution is 5.56. The van der Waals surface area contributed by atoms with Gasteiger partial charge in [0.15, 0.2) is 5.75 Å². The van der Waals surface area contributed by atoms with Crippen LogP contribution in [0.15, 0.2) is 30.3 Å². The fraction of sp³-hybridized carbons (Fsp3) is 0.200. The van der Waals surface area contributed by atoms with Gasteiger partial charge in [0, 0.05) is 6.07 Å². The quantitative estimate of drug-likeness (QED) is 0.807. The summed E-state index contributed by atoms with van der Waals surface area (Å²) in [7, 11) is 0. The molecule has 2 nitrogen and oxygen atoms in total. The number of hydrogen-bond acceptors (Lipinski definition) is 2. The predicted molar refractivity (Wildman–Crippen MR) is 71.5 cm³/mol. The van der Waals surface area contributed by atoms with Crippen molar-refractivity contribution in [1.82, 2.24) is 0 Å². The summed E-state index contributed by atoms with van der Waals surface area (Å²) in [4.78, 5) is 0. The first kappa shape index (κ1) is 12.4. The van der Waals surface area contributed by atoms with Gasteiger partial charge in [-0.3, -0.25) is 0 Å². The minimum Gasteiger partial charge on any atom is -0.455 e. The molecule has 2 aromatic rings. The van der Waals surface area contributed by atoms with E-state index in [0.29, 0.717) is 17.0 Å². The van der Waals surface area contributed by atoms with E-state index in [-0.39, 0.29) is 5.82 Å². The molecule has 0 atom stereocenters. The third kappa shape index (κ3) is 2.30. The van der Waals surface area contributed by atoms with Gasteiger partial charge < -0.3 is 10.5 Å². The van der Waals surface area contributed by atoms with Crippen LogP contribution in [-0.4, -0.2) is 0 Å². The maximum Gasteiger partial charge on any atom is 0.150 e. The molecular formula is C15H16FNO. The molecule has 94 valence electrons. The van der Waals surface area contributed by atoms with E-state index in [1.54, 1.807) is 13.0 Å². The van der Waals surface area contributed by atoms with E-state index < -0.39 is 0 Å². The summed E-state index contributed by atoms with van der Waals surface area (Å²) in [6, 6.07) is 8.72. The Morgan fingerprint density at radius 1 is 1.00 bits per heavy atom. The van der Waals surface area contributed by atoms with E-state index in [1.807, 2.05) is 32.0 Å². The molecule has 0 bridgehead atoms. The Morgan fingerprint density at radius 2 is 1.72 bits per heavy atom. The van der Waals surface area contributed by atoms with E-state index >= 15 is 0 Å². The van der Waals surface area contributed by atoms with E-state index in [2.05, 4.69) is 0 Å². The van der Waals surface area contributed by atoms with Gasteiger partial charge in [-0.25, -0.2) is 4.39 Å². The Morgan fingerprint density at radius 3 is 2.44 bits per heavy atom. The standard InChI is InChI=1S/C15H16FNO/c1-9-5-4-6-14(11(9)3)18-15-7-10(2)12(16)8-13(15)17/h4-8H,17H2,1-3H3. The van der Waals surface area contributed by atoms with Gasteiger partial charge in [0.05, 0.1) is 5.69 Å². The fourth-order valence-electron chi connectivity index (χ4n) is 1.71. The number of nitrogen functional groups attached to an aromatic ring is 1. The highest BCUT2D eigenvalue weighted by Gasteiger charge is 2.09. The molecular weight excluding hydrogens is 229 g/mol. The second kappa shape index (κ2) is 4.69. The van der Waals surface area contributed by atoms with Crippen LogP contribution in [0, 0.1) is 26.6 Å². The van der Waals surface area contributed by atoms with Crippen molar-refractivity contribution in [3.05, 3.63) is 52.8 Å². The molecule has 18 heavy (non-hydrogen) atoms. The van der Waals surface area contributed by atoms with E-state index in [9.17, 15) is 4.39 Å². The number of anilines is 1. The largest absolute Gasteiger partial charge is 0.455 e. The third-order valence-corrected chi connectivity index (χ3v) is 3.07. The van der Waals surface area contributed by atoms with Crippen molar-refractivity contribution < 1.29 is 9.13 Å². The van der Waals surface area contributed by atoms with E-state index in [1.165, 1.54) is 6.07 Å². The average Bonchev–Trinajstić information content (AvgIpc) is 2.32. The predicted octanol–water partition coefficient (Wildman–Crippen LogP) is 4.13. The molecule has 0 spiro atoms. The van der Waals surface area contributed by atoms with Crippen molar-refractivity contribution in [3.63, 3.8) is 0 Å². The second-order valence-corrected chi connectivity index (χ2v) is 4.44. The van der Waals surface area contributed by atoms with Crippen molar-refractivity contribution in [1.29, 1.82) is 0 Å². The highest BCUT2D eigenvalue weighted by atomic mass is 19.1. The summed E-state index contributed by atoms with van der Waals surface area (Å²) in [6.45, 7) is 5.68. The summed E-state index contributed by atoms with van der Waals surface area (Å²) in [5.74, 6) is 0.913. The van der Waals surface area contributed by atoms with Crippen LogP contribution in [0.5, 0.6) is 11.5 Å². The number of hydrogen-bond donors (Lipinski definition) is 1. The lowest BCUT2D eigenvalue weighted by molar-refractivity contribution is 0.478. The first-order valence-electron chi connectivity index (χ1n) is 5.78. The summed E-state index contributed by atoms with van der Waals surface area (Å²) >= 11 is 0. The lowest BCUT2D eigenvalue weighted by atomic mass is 10.1. The Hall–Kier alpha value is -2.03. The minimum absolute atomic E-state index is 0.305. The number of aryl methyl sites for hydroxylation is 2. The molecule has 2 aromatic carbocycles. The van der Waals surface area contributed by atoms with Crippen molar-refractivity contribution >= 4 is 5.69 Å². The number of halogens is 1. The first-order valence-corrected chi connectivity index (χ1v) is 5.78. The van der Waals surface area contributed by atoms with Crippen LogP contribution in [0.25, 0.3) is 0 Å². The topological polar surface area (TPSA) is 35.2 Å². The monoisotopic (exact) mass is 245 g/mol. The van der Waals surface area contributed by atoms with Crippen LogP contribution in [0.2, 0.25) is 0 Å².